The molecule has 0 aliphatic carbocycles. The van der Waals surface area contributed by atoms with Gasteiger partial charge in [0, 0.05) is 24.5 Å². The van der Waals surface area contributed by atoms with Gasteiger partial charge < -0.3 is 20.0 Å². The van der Waals surface area contributed by atoms with Crippen molar-refractivity contribution in [3.05, 3.63) is 96.6 Å². The zero-order valence-electron chi connectivity index (χ0n) is 21.8. The molecule has 2 fully saturated rings. The Morgan fingerprint density at radius 3 is 2.05 bits per heavy atom. The van der Waals surface area contributed by atoms with Gasteiger partial charge in [0.1, 0.15) is 12.1 Å². The topological polar surface area (TPSA) is 73.0 Å². The number of benzene rings is 3. The third-order valence-electron chi connectivity index (χ3n) is 7.78. The second-order valence-electron chi connectivity index (χ2n) is 10.1. The maximum absolute atomic E-state index is 13.9. The Kier molecular flexibility index (Phi) is 7.45. The molecule has 2 aliphatic heterocycles. The average Bonchev–Trinajstić information content (AvgIpc) is 3.21. The number of likely N-dealkylation sites (tertiary alicyclic amines) is 1. The quantitative estimate of drug-likeness (QED) is 0.509. The Morgan fingerprint density at radius 2 is 1.45 bits per heavy atom. The van der Waals surface area contributed by atoms with Crippen molar-refractivity contribution in [3.63, 3.8) is 0 Å². The van der Waals surface area contributed by atoms with E-state index in [-0.39, 0.29) is 30.2 Å². The standard InChI is InChI=1S/C31H34N4O3/c1-2-27(24-12-6-3-7-13-24)29(37)33-20-18-31(19-21-33)30(38)34(23-35(31)26-16-10-5-11-17-26)22-28(36)32-25-14-8-4-9-15-25/h3-17,27H,2,18-23H2,1H3,(H,32,36)/t27-/m1/s1. The van der Waals surface area contributed by atoms with Crippen LogP contribution in [0, 0.1) is 0 Å². The first kappa shape index (κ1) is 25.5. The molecular formula is C31H34N4O3. The molecule has 1 spiro atoms. The van der Waals surface area contributed by atoms with Crippen LogP contribution in [0.15, 0.2) is 91.0 Å². The zero-order chi connectivity index (χ0) is 26.5. The second-order valence-corrected chi connectivity index (χ2v) is 10.1. The van der Waals surface area contributed by atoms with Gasteiger partial charge in [0.05, 0.1) is 12.6 Å². The minimum absolute atomic E-state index is 0.0205. The highest BCUT2D eigenvalue weighted by atomic mass is 16.2. The van der Waals surface area contributed by atoms with Crippen LogP contribution >= 0.6 is 0 Å². The molecule has 196 valence electrons. The molecule has 3 amide bonds. The van der Waals surface area contributed by atoms with Crippen LogP contribution in [0.25, 0.3) is 0 Å². The molecule has 0 bridgehead atoms. The highest BCUT2D eigenvalue weighted by Gasteiger charge is 2.54. The van der Waals surface area contributed by atoms with Crippen molar-refractivity contribution in [2.75, 3.05) is 36.5 Å². The van der Waals surface area contributed by atoms with Crippen molar-refractivity contribution in [3.8, 4) is 0 Å². The van der Waals surface area contributed by atoms with Crippen molar-refractivity contribution in [1.82, 2.24) is 9.80 Å². The van der Waals surface area contributed by atoms with Gasteiger partial charge in [-0.05, 0) is 49.1 Å². The van der Waals surface area contributed by atoms with Gasteiger partial charge >= 0.3 is 0 Å². The molecule has 5 rings (SSSR count). The summed E-state index contributed by atoms with van der Waals surface area (Å²) < 4.78 is 0. The molecule has 2 aliphatic rings. The highest BCUT2D eigenvalue weighted by Crippen LogP contribution is 2.40. The van der Waals surface area contributed by atoms with Gasteiger partial charge in [0.25, 0.3) is 5.91 Å². The lowest BCUT2D eigenvalue weighted by Crippen LogP contribution is -2.57. The van der Waals surface area contributed by atoms with Crippen LogP contribution in [0.1, 0.15) is 37.7 Å². The predicted molar refractivity (Wildman–Crippen MR) is 149 cm³/mol. The summed E-state index contributed by atoms with van der Waals surface area (Å²) in [4.78, 5) is 46.0. The fraction of sp³-hybridized carbons (Fsp3) is 0.323. The number of amides is 3. The molecule has 2 saturated heterocycles. The Morgan fingerprint density at radius 1 is 0.868 bits per heavy atom. The summed E-state index contributed by atoms with van der Waals surface area (Å²) in [5.41, 5.74) is 1.90. The molecular weight excluding hydrogens is 476 g/mol. The lowest BCUT2D eigenvalue weighted by atomic mass is 9.84. The van der Waals surface area contributed by atoms with Crippen molar-refractivity contribution < 1.29 is 14.4 Å². The van der Waals surface area contributed by atoms with Gasteiger partial charge in [-0.3, -0.25) is 14.4 Å². The monoisotopic (exact) mass is 510 g/mol. The van der Waals surface area contributed by atoms with E-state index in [0.29, 0.717) is 38.3 Å². The predicted octanol–water partition coefficient (Wildman–Crippen LogP) is 4.49. The molecule has 7 heteroatoms. The third-order valence-corrected chi connectivity index (χ3v) is 7.78. The summed E-state index contributed by atoms with van der Waals surface area (Å²) in [6, 6.07) is 29.0. The molecule has 3 aromatic rings. The summed E-state index contributed by atoms with van der Waals surface area (Å²) in [6.07, 6.45) is 1.77. The number of nitrogens with zero attached hydrogens (tertiary/aromatic N) is 3. The summed E-state index contributed by atoms with van der Waals surface area (Å²) in [5.74, 6) is -0.347. The van der Waals surface area contributed by atoms with E-state index in [2.05, 4.69) is 10.2 Å². The van der Waals surface area contributed by atoms with Crippen molar-refractivity contribution >= 4 is 29.1 Å². The molecule has 1 N–H and O–H groups in total. The van der Waals surface area contributed by atoms with Crippen LogP contribution < -0.4 is 10.2 Å². The molecule has 0 radical (unpaired) electrons. The fourth-order valence-corrected chi connectivity index (χ4v) is 5.77. The van der Waals surface area contributed by atoms with Gasteiger partial charge in [-0.2, -0.15) is 0 Å². The van der Waals surface area contributed by atoms with E-state index >= 15 is 0 Å². The first-order valence-electron chi connectivity index (χ1n) is 13.3. The third kappa shape index (κ3) is 5.01. The van der Waals surface area contributed by atoms with E-state index in [0.717, 1.165) is 17.7 Å². The van der Waals surface area contributed by atoms with E-state index in [1.165, 1.54) is 0 Å². The number of hydrogen-bond acceptors (Lipinski definition) is 4. The first-order chi connectivity index (χ1) is 18.5. The van der Waals surface area contributed by atoms with Crippen molar-refractivity contribution in [2.24, 2.45) is 0 Å². The van der Waals surface area contributed by atoms with Crippen molar-refractivity contribution in [2.45, 2.75) is 37.6 Å². The molecule has 38 heavy (non-hydrogen) atoms. The van der Waals surface area contributed by atoms with Gasteiger partial charge in [-0.1, -0.05) is 73.7 Å². The van der Waals surface area contributed by atoms with Gasteiger partial charge in [-0.15, -0.1) is 0 Å². The number of para-hydroxylation sites is 2. The van der Waals surface area contributed by atoms with Gasteiger partial charge in [-0.25, -0.2) is 0 Å². The smallest absolute Gasteiger partial charge is 0.250 e. The summed E-state index contributed by atoms with van der Waals surface area (Å²) >= 11 is 0. The van der Waals surface area contributed by atoms with Crippen molar-refractivity contribution in [1.29, 1.82) is 0 Å². The molecule has 0 unspecified atom stereocenters. The Balaban J connectivity index is 1.33. The first-order valence-corrected chi connectivity index (χ1v) is 13.3. The van der Waals surface area contributed by atoms with Crippen LogP contribution in [-0.2, 0) is 14.4 Å². The molecule has 1 atom stereocenters. The Bertz CT molecular complexity index is 1260. The molecule has 0 aromatic heterocycles. The molecule has 3 aromatic carbocycles. The maximum atomic E-state index is 13.9. The molecule has 0 saturated carbocycles. The van der Waals surface area contributed by atoms with Crippen LogP contribution in [-0.4, -0.2) is 59.4 Å². The summed E-state index contributed by atoms with van der Waals surface area (Å²) in [5, 5.41) is 2.89. The van der Waals surface area contributed by atoms with Crippen LogP contribution in [0.5, 0.6) is 0 Å². The number of nitrogens with one attached hydrogen (secondary N) is 1. The number of hydrogen-bond donors (Lipinski definition) is 1. The molecule has 2 heterocycles. The van der Waals surface area contributed by atoms with Crippen LogP contribution in [0.4, 0.5) is 11.4 Å². The van der Waals surface area contributed by atoms with E-state index in [4.69, 9.17) is 0 Å². The SMILES string of the molecule is CC[C@@H](C(=O)N1CCC2(CC1)C(=O)N(CC(=O)Nc1ccccc1)CN2c1ccccc1)c1ccccc1. The number of rotatable bonds is 7. The molecule has 7 nitrogen and oxygen atoms in total. The maximum Gasteiger partial charge on any atom is 0.250 e. The minimum atomic E-state index is -0.778. The Labute approximate surface area is 224 Å². The lowest BCUT2D eigenvalue weighted by molar-refractivity contribution is -0.140. The van der Waals surface area contributed by atoms with Gasteiger partial charge in [0.15, 0.2) is 0 Å². The summed E-state index contributed by atoms with van der Waals surface area (Å²) in [6.45, 7) is 3.35. The lowest BCUT2D eigenvalue weighted by Gasteiger charge is -2.44. The van der Waals surface area contributed by atoms with Crippen LogP contribution in [0.2, 0.25) is 0 Å². The van der Waals surface area contributed by atoms with E-state index < -0.39 is 5.54 Å². The van der Waals surface area contributed by atoms with E-state index in [1.807, 2.05) is 103 Å². The normalized spacial score (nSPS) is 17.5. The number of carbonyl (C=O) groups excluding carboxylic acids is 3. The van der Waals surface area contributed by atoms with E-state index in [9.17, 15) is 14.4 Å². The number of carbonyl (C=O) groups is 3. The van der Waals surface area contributed by atoms with E-state index in [1.54, 1.807) is 4.90 Å². The zero-order valence-corrected chi connectivity index (χ0v) is 21.8. The fourth-order valence-electron chi connectivity index (χ4n) is 5.77. The van der Waals surface area contributed by atoms with Crippen LogP contribution in [0.3, 0.4) is 0 Å². The number of anilines is 2. The minimum Gasteiger partial charge on any atom is -0.342 e. The number of piperidine rings is 1. The second kappa shape index (κ2) is 11.1. The largest absolute Gasteiger partial charge is 0.342 e. The highest BCUT2D eigenvalue weighted by molar-refractivity contribution is 5.99. The van der Waals surface area contributed by atoms with Gasteiger partial charge in [0.2, 0.25) is 11.8 Å². The average molecular weight is 511 g/mol. The summed E-state index contributed by atoms with van der Waals surface area (Å²) in [7, 11) is 0. The Hall–Kier alpha value is -4.13.